The normalized spacial score (nSPS) is 13.4. The minimum atomic E-state index is -0.426. The lowest BCUT2D eigenvalue weighted by atomic mass is 10.1. The number of aryl methyl sites for hydroxylation is 1. The minimum absolute atomic E-state index is 0.130. The maximum Gasteiger partial charge on any atom is 0.315 e. The van der Waals surface area contributed by atoms with Crippen molar-refractivity contribution in [1.82, 2.24) is 10.6 Å². The first-order valence-electron chi connectivity index (χ1n) is 8.92. The summed E-state index contributed by atoms with van der Waals surface area (Å²) < 4.78 is 12.0. The van der Waals surface area contributed by atoms with Crippen LogP contribution < -0.4 is 25.4 Å². The van der Waals surface area contributed by atoms with Crippen LogP contribution in [0.2, 0.25) is 0 Å². The highest BCUT2D eigenvalue weighted by atomic mass is 79.9. The fourth-order valence-corrected chi connectivity index (χ4v) is 3.26. The summed E-state index contributed by atoms with van der Waals surface area (Å²) >= 11 is 3.38. The molecule has 0 aromatic heterocycles. The second-order valence-electron chi connectivity index (χ2n) is 6.46. The molecule has 0 aliphatic carbocycles. The highest BCUT2D eigenvalue weighted by Crippen LogP contribution is 2.32. The van der Waals surface area contributed by atoms with E-state index in [9.17, 15) is 9.59 Å². The van der Waals surface area contributed by atoms with Crippen molar-refractivity contribution < 1.29 is 19.1 Å². The van der Waals surface area contributed by atoms with Gasteiger partial charge in [0.25, 0.3) is 0 Å². The van der Waals surface area contributed by atoms with Crippen molar-refractivity contribution in [3.63, 3.8) is 0 Å². The second-order valence-corrected chi connectivity index (χ2v) is 7.37. The van der Waals surface area contributed by atoms with Gasteiger partial charge in [-0.3, -0.25) is 4.79 Å². The van der Waals surface area contributed by atoms with Gasteiger partial charge in [0.2, 0.25) is 5.91 Å². The Bertz CT molecular complexity index is 888. The van der Waals surface area contributed by atoms with E-state index in [1.807, 2.05) is 44.2 Å². The molecule has 3 rings (SSSR count). The summed E-state index contributed by atoms with van der Waals surface area (Å²) in [5, 5.41) is 8.16. The number of hydrogen-bond acceptors (Lipinski definition) is 4. The molecule has 1 atom stereocenters. The lowest BCUT2D eigenvalue weighted by Gasteiger charge is -2.21. The van der Waals surface area contributed by atoms with Crippen LogP contribution in [-0.4, -0.2) is 31.7 Å². The standard InChI is InChI=1S/C20H22BrN3O4/c1-12-9-15(21)4-5-16(12)24-19(25)11-22-20(26)23-13(2)14-3-6-17-18(10-14)28-8-7-27-17/h3-6,9-10,13H,7-8,11H2,1-2H3,(H,24,25)(H2,22,23,26). The van der Waals surface area contributed by atoms with Crippen molar-refractivity contribution in [2.24, 2.45) is 0 Å². The van der Waals surface area contributed by atoms with Gasteiger partial charge < -0.3 is 25.4 Å². The average molecular weight is 448 g/mol. The van der Waals surface area contributed by atoms with E-state index in [-0.39, 0.29) is 18.5 Å². The maximum absolute atomic E-state index is 12.1. The third-order valence-corrected chi connectivity index (χ3v) is 4.78. The van der Waals surface area contributed by atoms with Crippen LogP contribution in [0.15, 0.2) is 40.9 Å². The third kappa shape index (κ3) is 5.16. The van der Waals surface area contributed by atoms with Gasteiger partial charge in [-0.05, 0) is 55.3 Å². The molecule has 0 spiro atoms. The molecule has 1 unspecified atom stereocenters. The third-order valence-electron chi connectivity index (χ3n) is 4.29. The molecule has 1 aliphatic heterocycles. The van der Waals surface area contributed by atoms with Gasteiger partial charge in [0.15, 0.2) is 11.5 Å². The van der Waals surface area contributed by atoms with Crippen LogP contribution in [0.5, 0.6) is 11.5 Å². The maximum atomic E-state index is 12.1. The number of benzene rings is 2. The Hall–Kier alpha value is -2.74. The Morgan fingerprint density at radius 2 is 1.86 bits per heavy atom. The number of urea groups is 1. The number of halogens is 1. The first kappa shape index (κ1) is 20.0. The number of hydrogen-bond donors (Lipinski definition) is 3. The largest absolute Gasteiger partial charge is 0.486 e. The van der Waals surface area contributed by atoms with E-state index in [1.54, 1.807) is 6.07 Å². The Morgan fingerprint density at radius 1 is 1.11 bits per heavy atom. The van der Waals surface area contributed by atoms with Crippen molar-refractivity contribution >= 4 is 33.6 Å². The average Bonchev–Trinajstić information content (AvgIpc) is 2.68. The number of carbonyl (C=O) groups is 2. The lowest BCUT2D eigenvalue weighted by Crippen LogP contribution is -2.41. The second kappa shape index (κ2) is 8.97. The Balaban J connectivity index is 1.49. The summed E-state index contributed by atoms with van der Waals surface area (Å²) in [5.74, 6) is 1.07. The molecule has 3 amide bonds. The molecule has 7 nitrogen and oxygen atoms in total. The van der Waals surface area contributed by atoms with E-state index in [0.29, 0.717) is 30.4 Å². The summed E-state index contributed by atoms with van der Waals surface area (Å²) in [6, 6.07) is 10.4. The number of anilines is 1. The van der Waals surface area contributed by atoms with Gasteiger partial charge in [-0.25, -0.2) is 4.79 Å². The molecule has 2 aromatic rings. The van der Waals surface area contributed by atoms with E-state index in [2.05, 4.69) is 31.9 Å². The van der Waals surface area contributed by atoms with E-state index in [4.69, 9.17) is 9.47 Å². The lowest BCUT2D eigenvalue weighted by molar-refractivity contribution is -0.115. The predicted octanol–water partition coefficient (Wildman–Crippen LogP) is 3.53. The molecule has 0 fully saturated rings. The van der Waals surface area contributed by atoms with Crippen LogP contribution >= 0.6 is 15.9 Å². The smallest absolute Gasteiger partial charge is 0.315 e. The van der Waals surface area contributed by atoms with Crippen molar-refractivity contribution in [3.8, 4) is 11.5 Å². The van der Waals surface area contributed by atoms with Gasteiger partial charge in [0.1, 0.15) is 13.2 Å². The molecule has 3 N–H and O–H groups in total. The molecule has 0 bridgehead atoms. The molecule has 8 heteroatoms. The summed E-state index contributed by atoms with van der Waals surface area (Å²) in [4.78, 5) is 24.2. The van der Waals surface area contributed by atoms with Crippen LogP contribution in [0.25, 0.3) is 0 Å². The van der Waals surface area contributed by atoms with Crippen LogP contribution in [-0.2, 0) is 4.79 Å². The van der Waals surface area contributed by atoms with E-state index < -0.39 is 6.03 Å². The van der Waals surface area contributed by atoms with Gasteiger partial charge in [-0.15, -0.1) is 0 Å². The summed E-state index contributed by atoms with van der Waals surface area (Å²) in [5.41, 5.74) is 2.52. The van der Waals surface area contributed by atoms with E-state index in [0.717, 1.165) is 15.6 Å². The van der Waals surface area contributed by atoms with E-state index >= 15 is 0 Å². The van der Waals surface area contributed by atoms with Crippen molar-refractivity contribution in [2.75, 3.05) is 25.1 Å². The topological polar surface area (TPSA) is 88.7 Å². The first-order valence-corrected chi connectivity index (χ1v) is 9.71. The van der Waals surface area contributed by atoms with Crippen LogP contribution in [0, 0.1) is 6.92 Å². The van der Waals surface area contributed by atoms with Crippen LogP contribution in [0.1, 0.15) is 24.1 Å². The number of rotatable bonds is 5. The predicted molar refractivity (Wildman–Crippen MR) is 110 cm³/mol. The summed E-state index contributed by atoms with van der Waals surface area (Å²) in [7, 11) is 0. The number of ether oxygens (including phenoxy) is 2. The number of carbonyl (C=O) groups excluding carboxylic acids is 2. The van der Waals surface area contributed by atoms with Gasteiger partial charge in [-0.2, -0.15) is 0 Å². The Morgan fingerprint density at radius 3 is 2.61 bits per heavy atom. The monoisotopic (exact) mass is 447 g/mol. The van der Waals surface area contributed by atoms with Crippen molar-refractivity contribution in [1.29, 1.82) is 0 Å². The van der Waals surface area contributed by atoms with Crippen molar-refractivity contribution in [2.45, 2.75) is 19.9 Å². The molecule has 2 aromatic carbocycles. The molecule has 1 aliphatic rings. The zero-order valence-electron chi connectivity index (χ0n) is 15.7. The zero-order valence-corrected chi connectivity index (χ0v) is 17.3. The molecule has 148 valence electrons. The minimum Gasteiger partial charge on any atom is -0.486 e. The highest BCUT2D eigenvalue weighted by molar-refractivity contribution is 9.10. The number of nitrogens with one attached hydrogen (secondary N) is 3. The van der Waals surface area contributed by atoms with Crippen LogP contribution in [0.4, 0.5) is 10.5 Å². The number of amides is 3. The molecule has 0 saturated heterocycles. The molecular weight excluding hydrogens is 426 g/mol. The fraction of sp³-hybridized carbons (Fsp3) is 0.300. The zero-order chi connectivity index (χ0) is 20.1. The first-order chi connectivity index (χ1) is 13.4. The Kier molecular flexibility index (Phi) is 6.41. The fourth-order valence-electron chi connectivity index (χ4n) is 2.78. The van der Waals surface area contributed by atoms with Gasteiger partial charge >= 0.3 is 6.03 Å². The van der Waals surface area contributed by atoms with Gasteiger partial charge in [-0.1, -0.05) is 22.0 Å². The number of fused-ring (bicyclic) bond motifs is 1. The Labute approximate surface area is 171 Å². The van der Waals surface area contributed by atoms with Gasteiger partial charge in [0.05, 0.1) is 12.6 Å². The highest BCUT2D eigenvalue weighted by Gasteiger charge is 2.16. The summed E-state index contributed by atoms with van der Waals surface area (Å²) in [6.45, 7) is 4.66. The summed E-state index contributed by atoms with van der Waals surface area (Å²) in [6.07, 6.45) is 0. The molecule has 0 radical (unpaired) electrons. The molecule has 0 saturated carbocycles. The quantitative estimate of drug-likeness (QED) is 0.653. The SMILES string of the molecule is Cc1cc(Br)ccc1NC(=O)CNC(=O)NC(C)c1ccc2c(c1)OCCO2. The molecule has 1 heterocycles. The van der Waals surface area contributed by atoms with E-state index in [1.165, 1.54) is 0 Å². The van der Waals surface area contributed by atoms with Gasteiger partial charge in [0, 0.05) is 10.2 Å². The molecular formula is C20H22BrN3O4. The van der Waals surface area contributed by atoms with Crippen LogP contribution in [0.3, 0.4) is 0 Å². The van der Waals surface area contributed by atoms with Crippen molar-refractivity contribution in [3.05, 3.63) is 52.0 Å². The molecule has 28 heavy (non-hydrogen) atoms.